The van der Waals surface area contributed by atoms with E-state index in [0.29, 0.717) is 6.54 Å². The molecule has 2 N–H and O–H groups in total. The summed E-state index contributed by atoms with van der Waals surface area (Å²) in [6, 6.07) is 5.87. The topological polar surface area (TPSA) is 58.6 Å². The van der Waals surface area contributed by atoms with Crippen LogP contribution in [0.4, 0.5) is 0 Å². The molecule has 19 heavy (non-hydrogen) atoms. The number of aliphatic hydroxyl groups is 1. The van der Waals surface area contributed by atoms with E-state index in [2.05, 4.69) is 5.32 Å². The summed E-state index contributed by atoms with van der Waals surface area (Å²) in [5.74, 6) is 0.586. The number of rotatable bonds is 6. The third-order valence-corrected chi connectivity index (χ3v) is 2.95. The Bertz CT molecular complexity index is 421. The maximum absolute atomic E-state index is 11.7. The van der Waals surface area contributed by atoms with Crippen LogP contribution in [-0.2, 0) is 4.79 Å². The van der Waals surface area contributed by atoms with Crippen molar-refractivity contribution in [3.63, 3.8) is 0 Å². The van der Waals surface area contributed by atoms with E-state index in [1.165, 1.54) is 0 Å². The number of para-hydroxylation sites is 1. The van der Waals surface area contributed by atoms with Gasteiger partial charge in [-0.3, -0.25) is 4.79 Å². The number of ether oxygens (including phenoxy) is 1. The van der Waals surface area contributed by atoms with Crippen LogP contribution in [0.1, 0.15) is 25.0 Å². The Morgan fingerprint density at radius 3 is 2.42 bits per heavy atom. The van der Waals surface area contributed by atoms with E-state index in [1.807, 2.05) is 45.9 Å². The summed E-state index contributed by atoms with van der Waals surface area (Å²) >= 11 is 0. The number of nitrogens with one attached hydrogen (secondary N) is 1. The molecule has 0 aromatic heterocycles. The van der Waals surface area contributed by atoms with Crippen molar-refractivity contribution in [2.24, 2.45) is 5.41 Å². The van der Waals surface area contributed by atoms with Crippen LogP contribution in [0.25, 0.3) is 0 Å². The second kappa shape index (κ2) is 6.57. The number of carbonyl (C=O) groups excluding carboxylic acids is 1. The van der Waals surface area contributed by atoms with Crippen LogP contribution in [-0.4, -0.2) is 30.8 Å². The Hall–Kier alpha value is -1.55. The van der Waals surface area contributed by atoms with E-state index in [0.717, 1.165) is 16.9 Å². The van der Waals surface area contributed by atoms with Crippen molar-refractivity contribution in [3.05, 3.63) is 29.3 Å². The zero-order valence-electron chi connectivity index (χ0n) is 12.1. The summed E-state index contributed by atoms with van der Waals surface area (Å²) in [6.07, 6.45) is 0. The first-order valence-electron chi connectivity index (χ1n) is 6.42. The molecule has 1 amide bonds. The van der Waals surface area contributed by atoms with Crippen LogP contribution < -0.4 is 10.1 Å². The molecule has 0 unspecified atom stereocenters. The van der Waals surface area contributed by atoms with Crippen LogP contribution in [0.3, 0.4) is 0 Å². The molecule has 0 aliphatic heterocycles. The predicted octanol–water partition coefficient (Wildman–Crippen LogP) is 1.82. The van der Waals surface area contributed by atoms with Crippen LogP contribution in [0.5, 0.6) is 5.75 Å². The number of amides is 1. The van der Waals surface area contributed by atoms with Gasteiger partial charge in [0.1, 0.15) is 5.75 Å². The Morgan fingerprint density at radius 2 is 1.89 bits per heavy atom. The van der Waals surface area contributed by atoms with Gasteiger partial charge >= 0.3 is 0 Å². The van der Waals surface area contributed by atoms with Gasteiger partial charge in [-0.15, -0.1) is 0 Å². The lowest BCUT2D eigenvalue weighted by molar-refractivity contribution is -0.123. The average Bonchev–Trinajstić information content (AvgIpc) is 2.36. The fraction of sp³-hybridized carbons (Fsp3) is 0.533. The standard InChI is InChI=1S/C15H23NO3/c1-11-6-5-7-12(2)14(11)19-8-13(18)16-9-15(3,4)10-17/h5-7,17H,8-10H2,1-4H3,(H,16,18). The molecule has 0 atom stereocenters. The molecule has 4 nitrogen and oxygen atoms in total. The highest BCUT2D eigenvalue weighted by molar-refractivity contribution is 5.77. The lowest BCUT2D eigenvalue weighted by Crippen LogP contribution is -2.38. The monoisotopic (exact) mass is 265 g/mol. The molecule has 4 heteroatoms. The Balaban J connectivity index is 2.47. The summed E-state index contributed by atoms with van der Waals surface area (Å²) in [6.45, 7) is 8.14. The van der Waals surface area contributed by atoms with Gasteiger partial charge < -0.3 is 15.2 Å². The van der Waals surface area contributed by atoms with Crippen molar-refractivity contribution in [2.75, 3.05) is 19.8 Å². The lowest BCUT2D eigenvalue weighted by Gasteiger charge is -2.22. The number of benzene rings is 1. The smallest absolute Gasteiger partial charge is 0.257 e. The fourth-order valence-corrected chi connectivity index (χ4v) is 1.61. The van der Waals surface area contributed by atoms with Crippen molar-refractivity contribution in [2.45, 2.75) is 27.7 Å². The SMILES string of the molecule is Cc1cccc(C)c1OCC(=O)NCC(C)(C)CO. The van der Waals surface area contributed by atoms with E-state index < -0.39 is 0 Å². The lowest BCUT2D eigenvalue weighted by atomic mass is 9.95. The normalized spacial score (nSPS) is 11.2. The molecular weight excluding hydrogens is 242 g/mol. The number of hydrogen-bond acceptors (Lipinski definition) is 3. The molecule has 0 aliphatic carbocycles. The van der Waals surface area contributed by atoms with Crippen LogP contribution in [0.15, 0.2) is 18.2 Å². The second-order valence-electron chi connectivity index (χ2n) is 5.61. The van der Waals surface area contributed by atoms with Gasteiger partial charge in [0.05, 0.1) is 0 Å². The molecule has 106 valence electrons. The molecular formula is C15H23NO3. The summed E-state index contributed by atoms with van der Waals surface area (Å²) in [7, 11) is 0. The van der Waals surface area contributed by atoms with Gasteiger partial charge in [-0.25, -0.2) is 0 Å². The first-order chi connectivity index (χ1) is 8.85. The molecule has 0 radical (unpaired) electrons. The molecule has 0 spiro atoms. The van der Waals surface area contributed by atoms with Crippen LogP contribution in [0.2, 0.25) is 0 Å². The molecule has 0 aliphatic rings. The first-order valence-corrected chi connectivity index (χ1v) is 6.42. The second-order valence-corrected chi connectivity index (χ2v) is 5.61. The zero-order valence-corrected chi connectivity index (χ0v) is 12.1. The highest BCUT2D eigenvalue weighted by Crippen LogP contribution is 2.22. The van der Waals surface area contributed by atoms with Gasteiger partial charge in [-0.2, -0.15) is 0 Å². The third-order valence-electron chi connectivity index (χ3n) is 2.95. The largest absolute Gasteiger partial charge is 0.483 e. The molecule has 0 saturated carbocycles. The van der Waals surface area contributed by atoms with E-state index in [4.69, 9.17) is 9.84 Å². The molecule has 0 heterocycles. The molecule has 1 aromatic carbocycles. The van der Waals surface area contributed by atoms with Gasteiger partial charge in [0.25, 0.3) is 5.91 Å². The van der Waals surface area contributed by atoms with Crippen molar-refractivity contribution in [1.29, 1.82) is 0 Å². The number of aryl methyl sites for hydroxylation is 2. The summed E-state index contributed by atoms with van der Waals surface area (Å²) in [5.41, 5.74) is 1.72. The Morgan fingerprint density at radius 1 is 1.32 bits per heavy atom. The van der Waals surface area contributed by atoms with Crippen molar-refractivity contribution in [1.82, 2.24) is 5.32 Å². The van der Waals surface area contributed by atoms with Gasteiger partial charge in [0.2, 0.25) is 0 Å². The van der Waals surface area contributed by atoms with E-state index in [-0.39, 0.29) is 24.5 Å². The average molecular weight is 265 g/mol. The zero-order chi connectivity index (χ0) is 14.5. The minimum absolute atomic E-state index is 0.00674. The molecule has 1 rings (SSSR count). The van der Waals surface area contributed by atoms with Crippen molar-refractivity contribution >= 4 is 5.91 Å². The predicted molar refractivity (Wildman–Crippen MR) is 75.3 cm³/mol. The fourth-order valence-electron chi connectivity index (χ4n) is 1.61. The maximum Gasteiger partial charge on any atom is 0.257 e. The quantitative estimate of drug-likeness (QED) is 0.825. The maximum atomic E-state index is 11.7. The summed E-state index contributed by atoms with van der Waals surface area (Å²) in [5, 5.41) is 11.9. The van der Waals surface area contributed by atoms with Gasteiger partial charge in [0, 0.05) is 18.6 Å². The summed E-state index contributed by atoms with van der Waals surface area (Å²) < 4.78 is 5.55. The van der Waals surface area contributed by atoms with E-state index in [1.54, 1.807) is 0 Å². The van der Waals surface area contributed by atoms with Gasteiger partial charge in [0.15, 0.2) is 6.61 Å². The minimum Gasteiger partial charge on any atom is -0.483 e. The van der Waals surface area contributed by atoms with Gasteiger partial charge in [-0.1, -0.05) is 32.0 Å². The molecule has 0 bridgehead atoms. The third kappa shape index (κ3) is 4.91. The number of aliphatic hydroxyl groups excluding tert-OH is 1. The van der Waals surface area contributed by atoms with Crippen molar-refractivity contribution in [3.8, 4) is 5.75 Å². The van der Waals surface area contributed by atoms with Crippen LogP contribution in [0, 0.1) is 19.3 Å². The molecule has 0 fully saturated rings. The molecule has 0 saturated heterocycles. The van der Waals surface area contributed by atoms with Crippen molar-refractivity contribution < 1.29 is 14.6 Å². The van der Waals surface area contributed by atoms with Crippen LogP contribution >= 0.6 is 0 Å². The number of hydrogen-bond donors (Lipinski definition) is 2. The first kappa shape index (κ1) is 15.5. The Kier molecular flexibility index (Phi) is 5.36. The number of carbonyl (C=O) groups is 1. The molecule has 1 aromatic rings. The van der Waals surface area contributed by atoms with Gasteiger partial charge in [-0.05, 0) is 25.0 Å². The highest BCUT2D eigenvalue weighted by Gasteiger charge is 2.17. The van der Waals surface area contributed by atoms with E-state index in [9.17, 15) is 4.79 Å². The summed E-state index contributed by atoms with van der Waals surface area (Å²) in [4.78, 5) is 11.7. The Labute approximate surface area is 114 Å². The minimum atomic E-state index is -0.311. The highest BCUT2D eigenvalue weighted by atomic mass is 16.5. The van der Waals surface area contributed by atoms with E-state index >= 15 is 0 Å².